The van der Waals surface area contributed by atoms with Crippen LogP contribution >= 0.6 is 0 Å². The van der Waals surface area contributed by atoms with Crippen LogP contribution < -0.4 is 16.0 Å². The summed E-state index contributed by atoms with van der Waals surface area (Å²) in [5.74, 6) is -1.50. The van der Waals surface area contributed by atoms with Crippen LogP contribution in [0.1, 0.15) is 20.8 Å². The molecule has 114 valence electrons. The number of aliphatic carboxylic acids is 1. The maximum Gasteiger partial charge on any atom is 0.322 e. The van der Waals surface area contributed by atoms with E-state index in [-0.39, 0.29) is 13.1 Å². The monoisotopic (exact) mass is 286 g/mol. The molecule has 1 atom stereocenters. The van der Waals surface area contributed by atoms with Crippen molar-refractivity contribution in [3.63, 3.8) is 0 Å². The van der Waals surface area contributed by atoms with E-state index in [2.05, 4.69) is 16.0 Å². The highest BCUT2D eigenvalue weighted by Crippen LogP contribution is 2.03. The predicted octanol–water partition coefficient (Wildman–Crippen LogP) is -1.03. The number of carbonyl (C=O) groups excluding carboxylic acids is 2. The van der Waals surface area contributed by atoms with Gasteiger partial charge in [-0.1, -0.05) is 0 Å². The number of carboxylic acids is 1. The van der Waals surface area contributed by atoms with Gasteiger partial charge in [0, 0.05) is 25.2 Å². The summed E-state index contributed by atoms with van der Waals surface area (Å²) < 4.78 is 0. The molecule has 20 heavy (non-hydrogen) atoms. The van der Waals surface area contributed by atoms with Gasteiger partial charge in [0.15, 0.2) is 0 Å². The summed E-state index contributed by atoms with van der Waals surface area (Å²) >= 11 is 0. The van der Waals surface area contributed by atoms with Crippen molar-refractivity contribution < 1.29 is 19.5 Å². The summed E-state index contributed by atoms with van der Waals surface area (Å²) in [5, 5.41) is 16.8. The maximum absolute atomic E-state index is 11.7. The lowest BCUT2D eigenvalue weighted by Crippen LogP contribution is -2.58. The number of piperazine rings is 1. The summed E-state index contributed by atoms with van der Waals surface area (Å²) in [6.45, 7) is 6.64. The molecule has 8 nitrogen and oxygen atoms in total. The van der Waals surface area contributed by atoms with Crippen molar-refractivity contribution in [3.8, 4) is 0 Å². The van der Waals surface area contributed by atoms with E-state index in [1.165, 1.54) is 0 Å². The molecule has 4 N–H and O–H groups in total. The zero-order chi connectivity index (χ0) is 15.3. The number of imide groups is 1. The number of urea groups is 1. The average molecular weight is 286 g/mol. The number of carbonyl (C=O) groups is 3. The fraction of sp³-hybridized carbons (Fsp3) is 0.750. The summed E-state index contributed by atoms with van der Waals surface area (Å²) in [7, 11) is 0. The van der Waals surface area contributed by atoms with Crippen molar-refractivity contribution in [1.29, 1.82) is 0 Å². The van der Waals surface area contributed by atoms with Crippen LogP contribution in [0.15, 0.2) is 0 Å². The van der Waals surface area contributed by atoms with E-state index in [4.69, 9.17) is 5.11 Å². The molecule has 1 aliphatic rings. The number of amides is 3. The van der Waals surface area contributed by atoms with Gasteiger partial charge in [-0.05, 0) is 20.8 Å². The van der Waals surface area contributed by atoms with Crippen LogP contribution in [0, 0.1) is 0 Å². The Balaban J connectivity index is 2.48. The molecule has 0 aromatic carbocycles. The maximum atomic E-state index is 11.7. The third kappa shape index (κ3) is 5.54. The van der Waals surface area contributed by atoms with E-state index in [0.717, 1.165) is 0 Å². The molecule has 0 bridgehead atoms. The van der Waals surface area contributed by atoms with Crippen molar-refractivity contribution in [2.45, 2.75) is 32.4 Å². The molecule has 1 rings (SSSR count). The van der Waals surface area contributed by atoms with Crippen LogP contribution in [0.5, 0.6) is 0 Å². The molecule has 1 heterocycles. The van der Waals surface area contributed by atoms with Gasteiger partial charge >= 0.3 is 12.0 Å². The van der Waals surface area contributed by atoms with Gasteiger partial charge in [-0.2, -0.15) is 0 Å². The Morgan fingerprint density at radius 1 is 1.35 bits per heavy atom. The van der Waals surface area contributed by atoms with Gasteiger partial charge in [-0.3, -0.25) is 19.8 Å². The highest BCUT2D eigenvalue weighted by Gasteiger charge is 2.30. The van der Waals surface area contributed by atoms with Crippen molar-refractivity contribution in [1.82, 2.24) is 20.9 Å². The molecule has 0 aliphatic carbocycles. The molecule has 0 aromatic rings. The lowest BCUT2D eigenvalue weighted by Gasteiger charge is -2.32. The Hall–Kier alpha value is -1.67. The second-order valence-corrected chi connectivity index (χ2v) is 5.78. The molecule has 8 heteroatoms. The first-order chi connectivity index (χ1) is 9.19. The average Bonchev–Trinajstić information content (AvgIpc) is 2.26. The third-order valence-corrected chi connectivity index (χ3v) is 2.73. The van der Waals surface area contributed by atoms with Crippen LogP contribution in [0.25, 0.3) is 0 Å². The van der Waals surface area contributed by atoms with Gasteiger partial charge in [0.25, 0.3) is 0 Å². The SMILES string of the molecule is CC(C)(C)NC(=O)NC(=O)CN1CCNCC1C(=O)O. The van der Waals surface area contributed by atoms with Crippen molar-refractivity contribution in [3.05, 3.63) is 0 Å². The number of hydrogen-bond donors (Lipinski definition) is 4. The minimum absolute atomic E-state index is 0.115. The molecule has 0 saturated carbocycles. The molecule has 3 amide bonds. The number of hydrogen-bond acceptors (Lipinski definition) is 5. The second-order valence-electron chi connectivity index (χ2n) is 5.78. The van der Waals surface area contributed by atoms with E-state index < -0.39 is 29.5 Å². The molecule has 0 radical (unpaired) electrons. The lowest BCUT2D eigenvalue weighted by molar-refractivity contribution is -0.144. The zero-order valence-electron chi connectivity index (χ0n) is 12.0. The first kappa shape index (κ1) is 16.4. The Morgan fingerprint density at radius 3 is 2.55 bits per heavy atom. The Kier molecular flexibility index (Phi) is 5.46. The topological polar surface area (TPSA) is 111 Å². The summed E-state index contributed by atoms with van der Waals surface area (Å²) in [6.07, 6.45) is 0. The molecule has 0 spiro atoms. The minimum Gasteiger partial charge on any atom is -0.480 e. The van der Waals surface area contributed by atoms with E-state index in [0.29, 0.717) is 13.1 Å². The summed E-state index contributed by atoms with van der Waals surface area (Å²) in [6, 6.07) is -1.33. The van der Waals surface area contributed by atoms with Crippen LogP contribution in [0.2, 0.25) is 0 Å². The first-order valence-electron chi connectivity index (χ1n) is 6.48. The van der Waals surface area contributed by atoms with Gasteiger partial charge in [0.1, 0.15) is 6.04 Å². The van der Waals surface area contributed by atoms with Gasteiger partial charge in [-0.15, -0.1) is 0 Å². The molecular formula is C12H22N4O4. The molecule has 1 fully saturated rings. The Bertz CT molecular complexity index is 391. The smallest absolute Gasteiger partial charge is 0.322 e. The minimum atomic E-state index is -0.982. The summed E-state index contributed by atoms with van der Waals surface area (Å²) in [4.78, 5) is 35.9. The molecular weight excluding hydrogens is 264 g/mol. The fourth-order valence-electron chi connectivity index (χ4n) is 1.90. The van der Waals surface area contributed by atoms with Crippen LogP contribution in [-0.2, 0) is 9.59 Å². The van der Waals surface area contributed by atoms with E-state index in [1.807, 2.05) is 0 Å². The highest BCUT2D eigenvalue weighted by atomic mass is 16.4. The predicted molar refractivity (Wildman–Crippen MR) is 72.3 cm³/mol. The van der Waals surface area contributed by atoms with Crippen molar-refractivity contribution >= 4 is 17.9 Å². The normalized spacial score (nSPS) is 20.2. The van der Waals surface area contributed by atoms with E-state index in [1.54, 1.807) is 25.7 Å². The van der Waals surface area contributed by atoms with Crippen molar-refractivity contribution in [2.75, 3.05) is 26.2 Å². The Morgan fingerprint density at radius 2 is 2.00 bits per heavy atom. The highest BCUT2D eigenvalue weighted by molar-refractivity contribution is 5.95. The number of nitrogens with one attached hydrogen (secondary N) is 3. The number of rotatable bonds is 3. The third-order valence-electron chi connectivity index (χ3n) is 2.73. The van der Waals surface area contributed by atoms with E-state index >= 15 is 0 Å². The van der Waals surface area contributed by atoms with E-state index in [9.17, 15) is 14.4 Å². The fourth-order valence-corrected chi connectivity index (χ4v) is 1.90. The zero-order valence-corrected chi connectivity index (χ0v) is 12.0. The molecule has 1 saturated heterocycles. The first-order valence-corrected chi connectivity index (χ1v) is 6.48. The summed E-state index contributed by atoms with van der Waals surface area (Å²) in [5.41, 5.74) is -0.441. The quantitative estimate of drug-likeness (QED) is 0.528. The van der Waals surface area contributed by atoms with Gasteiger partial charge < -0.3 is 15.7 Å². The number of nitrogens with zero attached hydrogens (tertiary/aromatic N) is 1. The Labute approximate surface area is 117 Å². The molecule has 1 unspecified atom stereocenters. The van der Waals surface area contributed by atoms with Gasteiger partial charge in [-0.25, -0.2) is 4.79 Å². The molecule has 0 aromatic heterocycles. The number of carboxylic acid groups (broad SMARTS) is 1. The largest absolute Gasteiger partial charge is 0.480 e. The van der Waals surface area contributed by atoms with Gasteiger partial charge in [0.2, 0.25) is 5.91 Å². The van der Waals surface area contributed by atoms with Crippen LogP contribution in [0.3, 0.4) is 0 Å². The van der Waals surface area contributed by atoms with Crippen LogP contribution in [-0.4, -0.2) is 65.7 Å². The van der Waals surface area contributed by atoms with Gasteiger partial charge in [0.05, 0.1) is 6.54 Å². The second kappa shape index (κ2) is 6.67. The van der Waals surface area contributed by atoms with Crippen molar-refractivity contribution in [2.24, 2.45) is 0 Å². The lowest BCUT2D eigenvalue weighted by atomic mass is 10.1. The van der Waals surface area contributed by atoms with Crippen LogP contribution in [0.4, 0.5) is 4.79 Å². The standard InChI is InChI=1S/C12H22N4O4/c1-12(2,3)15-11(20)14-9(17)7-16-5-4-13-6-8(16)10(18)19/h8,13H,4-7H2,1-3H3,(H,18,19)(H2,14,15,17,20). The molecule has 1 aliphatic heterocycles.